The predicted octanol–water partition coefficient (Wildman–Crippen LogP) is 8.07. The van der Waals surface area contributed by atoms with Gasteiger partial charge in [0.1, 0.15) is 0 Å². The number of alkyl halides is 25. The molecule has 0 aliphatic heterocycles. The van der Waals surface area contributed by atoms with E-state index in [2.05, 4.69) is 11.3 Å². The molecule has 0 spiro atoms. The third-order valence-electron chi connectivity index (χ3n) is 5.14. The molecule has 0 bridgehead atoms. The Labute approximate surface area is 232 Å². The normalized spacial score (nSPS) is 15.9. The minimum absolute atomic E-state index is 1.95. The summed E-state index contributed by atoms with van der Waals surface area (Å²) in [7, 11) is 0. The Balaban J connectivity index is 7.24. The van der Waals surface area contributed by atoms with Gasteiger partial charge in [0.25, 0.3) is 0 Å². The first kappa shape index (κ1) is 42.9. The minimum atomic E-state index is -9.73. The Bertz CT molecular complexity index is 1200. The fourth-order valence-electron chi connectivity index (χ4n) is 2.45. The summed E-state index contributed by atoms with van der Waals surface area (Å²) in [5.41, 5.74) is -1.99. The topological polar surface area (TPSA) is 63.6 Å². The Morgan fingerprint density at radius 3 is 0.870 bits per heavy atom. The molecular formula is C17H5F25O4. The van der Waals surface area contributed by atoms with E-state index >= 15 is 0 Å². The predicted molar refractivity (Wildman–Crippen MR) is 88.0 cm³/mol. The van der Waals surface area contributed by atoms with Gasteiger partial charge in [-0.05, 0) is 0 Å². The lowest BCUT2D eigenvalue weighted by molar-refractivity contribution is -0.487. The molecule has 0 aromatic heterocycles. The SMILES string of the molecule is C=C(CC(=O)O)C(=O)OC(F)(F)C(F)(F)C(F)(F)C(F)(F)C(F)(F)C(F)(F)C(F)(F)C(F)(F)C(F)(F)C(F)(F)C(F)(F)C(F)(F)F. The molecule has 0 amide bonds. The fourth-order valence-corrected chi connectivity index (χ4v) is 2.45. The van der Waals surface area contributed by atoms with Crippen LogP contribution < -0.4 is 0 Å². The number of rotatable bonds is 14. The van der Waals surface area contributed by atoms with E-state index in [1.54, 1.807) is 0 Å². The van der Waals surface area contributed by atoms with E-state index in [1.165, 1.54) is 0 Å². The number of halogens is 25. The number of ether oxygens (including phenoxy) is 1. The summed E-state index contributed by atoms with van der Waals surface area (Å²) in [6.07, 6.45) is -18.0. The molecule has 0 saturated heterocycles. The van der Waals surface area contributed by atoms with Crippen LogP contribution in [0.1, 0.15) is 6.42 Å². The summed E-state index contributed by atoms with van der Waals surface area (Å²) in [5, 5.41) is 8.22. The lowest BCUT2D eigenvalue weighted by Crippen LogP contribution is -2.78. The minimum Gasteiger partial charge on any atom is -0.481 e. The first-order chi connectivity index (χ1) is 19.5. The number of carboxylic acid groups (broad SMARTS) is 1. The van der Waals surface area contributed by atoms with Crippen LogP contribution >= 0.6 is 0 Å². The molecule has 272 valence electrons. The van der Waals surface area contributed by atoms with Gasteiger partial charge in [0.05, 0.1) is 6.42 Å². The van der Waals surface area contributed by atoms with Gasteiger partial charge in [-0.15, -0.1) is 0 Å². The van der Waals surface area contributed by atoms with E-state index in [1.807, 2.05) is 0 Å². The zero-order chi connectivity index (χ0) is 38.1. The fraction of sp³-hybridized carbons (Fsp3) is 0.765. The monoisotopic (exact) mass is 748 g/mol. The van der Waals surface area contributed by atoms with Crippen LogP contribution in [0.25, 0.3) is 0 Å². The first-order valence-electron chi connectivity index (χ1n) is 9.83. The van der Waals surface area contributed by atoms with Crippen molar-refractivity contribution in [2.45, 2.75) is 77.9 Å². The van der Waals surface area contributed by atoms with Gasteiger partial charge in [-0.25, -0.2) is 4.79 Å². The highest BCUT2D eigenvalue weighted by molar-refractivity contribution is 5.93. The molecule has 0 aromatic rings. The molecule has 0 radical (unpaired) electrons. The summed E-state index contributed by atoms with van der Waals surface area (Å²) < 4.78 is 335. The average Bonchev–Trinajstić information content (AvgIpc) is 2.81. The maximum atomic E-state index is 13.8. The Hall–Kier alpha value is -3.07. The van der Waals surface area contributed by atoms with E-state index in [9.17, 15) is 119 Å². The Morgan fingerprint density at radius 2 is 0.652 bits per heavy atom. The van der Waals surface area contributed by atoms with Crippen LogP contribution in [-0.4, -0.2) is 88.6 Å². The number of aliphatic carboxylic acids is 1. The molecule has 0 unspecified atom stereocenters. The molecule has 46 heavy (non-hydrogen) atoms. The third kappa shape index (κ3) is 5.50. The summed E-state index contributed by atoms with van der Waals surface area (Å²) in [5.74, 6) is -99.1. The van der Waals surface area contributed by atoms with Crippen LogP contribution in [0.5, 0.6) is 0 Å². The van der Waals surface area contributed by atoms with Gasteiger partial charge in [-0.3, -0.25) is 4.79 Å². The summed E-state index contributed by atoms with van der Waals surface area (Å²) in [6.45, 7) is 2.19. The number of carboxylic acids is 1. The van der Waals surface area contributed by atoms with Gasteiger partial charge < -0.3 is 9.84 Å². The molecule has 0 atom stereocenters. The van der Waals surface area contributed by atoms with E-state index in [-0.39, 0.29) is 0 Å². The van der Waals surface area contributed by atoms with E-state index in [0.29, 0.717) is 0 Å². The summed E-state index contributed by atoms with van der Waals surface area (Å²) in [4.78, 5) is 21.4. The number of hydrogen-bond acceptors (Lipinski definition) is 3. The standard InChI is InChI=1S/C17H5F25O4/c1-3(2-4(43)44)5(45)46-17(41,42)15(36,37)13(32,33)11(28,29)9(24,25)7(20,21)6(18,19)8(22,23)10(26,27)12(30,31)14(34,35)16(38,39)40/h1-2H2,(H,43,44). The van der Waals surface area contributed by atoms with Crippen LogP contribution in [0.15, 0.2) is 12.2 Å². The van der Waals surface area contributed by atoms with Gasteiger partial charge >= 0.3 is 83.4 Å². The smallest absolute Gasteiger partial charge is 0.473 e. The molecule has 0 heterocycles. The largest absolute Gasteiger partial charge is 0.481 e. The molecule has 29 heteroatoms. The summed E-state index contributed by atoms with van der Waals surface area (Å²) in [6, 6.07) is 0. The van der Waals surface area contributed by atoms with Gasteiger partial charge in [0.15, 0.2) is 0 Å². The number of carbonyl (C=O) groups excluding carboxylic acids is 1. The molecule has 0 aliphatic rings. The average molecular weight is 748 g/mol. The quantitative estimate of drug-likeness (QED) is 0.111. The van der Waals surface area contributed by atoms with Crippen molar-refractivity contribution in [3.63, 3.8) is 0 Å². The number of esters is 1. The molecular weight excluding hydrogens is 743 g/mol. The van der Waals surface area contributed by atoms with Crippen molar-refractivity contribution >= 4 is 11.9 Å². The van der Waals surface area contributed by atoms with Crippen molar-refractivity contribution in [1.29, 1.82) is 0 Å². The molecule has 1 N–H and O–H groups in total. The zero-order valence-corrected chi connectivity index (χ0v) is 20.0. The van der Waals surface area contributed by atoms with Crippen molar-refractivity contribution in [3.05, 3.63) is 12.2 Å². The van der Waals surface area contributed by atoms with Gasteiger partial charge in [-0.1, -0.05) is 6.58 Å². The molecule has 0 fully saturated rings. The van der Waals surface area contributed by atoms with Gasteiger partial charge in [0.2, 0.25) is 0 Å². The maximum Gasteiger partial charge on any atom is 0.473 e. The molecule has 4 nitrogen and oxygen atoms in total. The van der Waals surface area contributed by atoms with Crippen molar-refractivity contribution in [3.8, 4) is 0 Å². The van der Waals surface area contributed by atoms with Crippen molar-refractivity contribution < 1.29 is 129 Å². The lowest BCUT2D eigenvalue weighted by Gasteiger charge is -2.45. The second-order valence-corrected chi connectivity index (χ2v) is 8.32. The van der Waals surface area contributed by atoms with Crippen LogP contribution in [0.4, 0.5) is 110 Å². The van der Waals surface area contributed by atoms with E-state index in [0.717, 1.165) is 0 Å². The van der Waals surface area contributed by atoms with Crippen LogP contribution in [0.2, 0.25) is 0 Å². The molecule has 0 aromatic carbocycles. The highest BCUT2D eigenvalue weighted by Gasteiger charge is 2.99. The molecule has 0 rings (SSSR count). The number of carbonyl (C=O) groups is 2. The van der Waals surface area contributed by atoms with Crippen molar-refractivity contribution in [1.82, 2.24) is 0 Å². The van der Waals surface area contributed by atoms with E-state index in [4.69, 9.17) is 5.11 Å². The highest BCUT2D eigenvalue weighted by atomic mass is 19.4. The zero-order valence-electron chi connectivity index (χ0n) is 20.0. The maximum absolute atomic E-state index is 13.8. The van der Waals surface area contributed by atoms with Crippen molar-refractivity contribution in [2.75, 3.05) is 0 Å². The number of hydrogen-bond donors (Lipinski definition) is 1. The lowest BCUT2D eigenvalue weighted by atomic mass is 9.85. The van der Waals surface area contributed by atoms with E-state index < -0.39 is 95.4 Å². The molecule has 0 saturated carbocycles. The Kier molecular flexibility index (Phi) is 10.3. The second kappa shape index (κ2) is 11.0. The Morgan fingerprint density at radius 1 is 0.435 bits per heavy atom. The first-order valence-corrected chi connectivity index (χ1v) is 9.83. The van der Waals surface area contributed by atoms with Gasteiger partial charge in [0, 0.05) is 5.57 Å². The summed E-state index contributed by atoms with van der Waals surface area (Å²) >= 11 is 0. The van der Waals surface area contributed by atoms with Crippen LogP contribution in [0, 0.1) is 0 Å². The van der Waals surface area contributed by atoms with Crippen LogP contribution in [-0.2, 0) is 14.3 Å². The van der Waals surface area contributed by atoms with Gasteiger partial charge in [-0.2, -0.15) is 110 Å². The molecule has 0 aliphatic carbocycles. The third-order valence-corrected chi connectivity index (χ3v) is 5.14. The highest BCUT2D eigenvalue weighted by Crippen LogP contribution is 2.67. The van der Waals surface area contributed by atoms with Crippen LogP contribution in [0.3, 0.4) is 0 Å². The second-order valence-electron chi connectivity index (χ2n) is 8.32. The van der Waals surface area contributed by atoms with Crippen molar-refractivity contribution in [2.24, 2.45) is 0 Å².